The van der Waals surface area contributed by atoms with Gasteiger partial charge in [0.2, 0.25) is 0 Å². The summed E-state index contributed by atoms with van der Waals surface area (Å²) < 4.78 is 29.1. The second-order valence-corrected chi connectivity index (χ2v) is 7.38. The van der Waals surface area contributed by atoms with Crippen LogP contribution in [0, 0.1) is 11.6 Å². The van der Waals surface area contributed by atoms with Gasteiger partial charge in [0.25, 0.3) is 0 Å². The minimum Gasteiger partial charge on any atom is -0.383 e. The average Bonchev–Trinajstić information content (AvgIpc) is 3.47. The highest BCUT2D eigenvalue weighted by atomic mass is 19.2. The number of nitrogens with two attached hydrogens (primary N) is 1. The van der Waals surface area contributed by atoms with Gasteiger partial charge in [0, 0.05) is 23.4 Å². The number of aromatic nitrogens is 7. The van der Waals surface area contributed by atoms with Crippen molar-refractivity contribution in [3.8, 4) is 28.3 Å². The molecule has 1 aliphatic heterocycles. The number of tetrazole rings is 1. The molecule has 4 aromatic rings. The molecule has 0 radical (unpaired) electrons. The van der Waals surface area contributed by atoms with Crippen molar-refractivity contribution in [2.24, 2.45) is 0 Å². The number of nitrogens with zero attached hydrogens (tertiary/aromatic N) is 6. The smallest absolute Gasteiger partial charge is 0.190 e. The minimum atomic E-state index is -1.06. The van der Waals surface area contributed by atoms with E-state index in [4.69, 9.17) is 5.73 Å². The first-order valence-electron chi connectivity index (χ1n) is 9.87. The molecule has 1 fully saturated rings. The number of hydrogen-bond acceptors (Lipinski definition) is 7. The van der Waals surface area contributed by atoms with Crippen LogP contribution in [0.3, 0.4) is 0 Å². The molecule has 0 spiro atoms. The number of hydrogen-bond donors (Lipinski definition) is 3. The molecule has 1 saturated heterocycles. The molecule has 158 valence electrons. The lowest BCUT2D eigenvalue weighted by atomic mass is 9.94. The Bertz CT molecular complexity index is 1230. The number of nitrogens with one attached hydrogen (secondary N) is 2. The topological polar surface area (TPSA) is 123 Å². The number of piperidine rings is 1. The monoisotopic (exact) mass is 423 g/mol. The van der Waals surface area contributed by atoms with E-state index in [9.17, 15) is 8.78 Å². The number of anilines is 1. The molecule has 31 heavy (non-hydrogen) atoms. The van der Waals surface area contributed by atoms with Crippen LogP contribution in [0.2, 0.25) is 0 Å². The fourth-order valence-corrected chi connectivity index (χ4v) is 3.79. The standard InChI is InChI=1S/C20H19F2N9/c21-14-2-1-3-17(18(14)22)31-20(28-29-30-31)13-8-12(10-25-19(13)23)16-9-15(26-27-16)11-4-6-24-7-5-11/h1-3,8-11,24H,4-7H2,(H2,23,25)(H,26,27). The van der Waals surface area contributed by atoms with Gasteiger partial charge in [-0.25, -0.2) is 13.8 Å². The van der Waals surface area contributed by atoms with E-state index in [1.165, 1.54) is 12.1 Å². The Morgan fingerprint density at radius 3 is 2.81 bits per heavy atom. The molecular weight excluding hydrogens is 404 g/mol. The van der Waals surface area contributed by atoms with E-state index >= 15 is 0 Å². The highest BCUT2D eigenvalue weighted by Gasteiger charge is 2.21. The van der Waals surface area contributed by atoms with Crippen LogP contribution in [-0.2, 0) is 0 Å². The molecule has 3 aromatic heterocycles. The Morgan fingerprint density at radius 2 is 1.97 bits per heavy atom. The van der Waals surface area contributed by atoms with Gasteiger partial charge < -0.3 is 11.1 Å². The van der Waals surface area contributed by atoms with Gasteiger partial charge in [-0.05, 0) is 60.6 Å². The van der Waals surface area contributed by atoms with Crippen LogP contribution < -0.4 is 11.1 Å². The minimum absolute atomic E-state index is 0.127. The summed E-state index contributed by atoms with van der Waals surface area (Å²) in [6, 6.07) is 7.53. The van der Waals surface area contributed by atoms with Crippen LogP contribution in [0.15, 0.2) is 36.5 Å². The Balaban J connectivity index is 1.53. The van der Waals surface area contributed by atoms with E-state index in [1.54, 1.807) is 12.3 Å². The van der Waals surface area contributed by atoms with E-state index in [1.807, 2.05) is 6.07 Å². The number of nitrogen functional groups attached to an aromatic ring is 1. The van der Waals surface area contributed by atoms with Gasteiger partial charge in [-0.15, -0.1) is 5.10 Å². The predicted octanol–water partition coefficient (Wildman–Crippen LogP) is 2.44. The van der Waals surface area contributed by atoms with Crippen molar-refractivity contribution in [2.75, 3.05) is 18.8 Å². The van der Waals surface area contributed by atoms with Crippen molar-refractivity contribution in [2.45, 2.75) is 18.8 Å². The van der Waals surface area contributed by atoms with E-state index in [2.05, 4.69) is 36.0 Å². The number of H-pyrrole nitrogens is 1. The molecule has 4 heterocycles. The van der Waals surface area contributed by atoms with Crippen LogP contribution >= 0.6 is 0 Å². The summed E-state index contributed by atoms with van der Waals surface area (Å²) >= 11 is 0. The number of halogens is 2. The zero-order valence-corrected chi connectivity index (χ0v) is 16.4. The van der Waals surface area contributed by atoms with Gasteiger partial charge in [0.15, 0.2) is 17.5 Å². The lowest BCUT2D eigenvalue weighted by molar-refractivity contribution is 0.453. The van der Waals surface area contributed by atoms with Crippen LogP contribution in [0.4, 0.5) is 14.6 Å². The Hall–Kier alpha value is -3.73. The van der Waals surface area contributed by atoms with Gasteiger partial charge in [-0.2, -0.15) is 9.78 Å². The number of pyridine rings is 1. The summed E-state index contributed by atoms with van der Waals surface area (Å²) in [6.07, 6.45) is 3.69. The Labute approximate surface area is 175 Å². The summed E-state index contributed by atoms with van der Waals surface area (Å²) in [5, 5.41) is 22.3. The van der Waals surface area contributed by atoms with Crippen molar-refractivity contribution < 1.29 is 8.78 Å². The maximum Gasteiger partial charge on any atom is 0.190 e. The fraction of sp³-hybridized carbons (Fsp3) is 0.250. The van der Waals surface area contributed by atoms with E-state index < -0.39 is 11.6 Å². The lowest BCUT2D eigenvalue weighted by Gasteiger charge is -2.20. The molecule has 0 saturated carbocycles. The molecule has 9 nitrogen and oxygen atoms in total. The zero-order valence-electron chi connectivity index (χ0n) is 16.4. The van der Waals surface area contributed by atoms with Crippen LogP contribution in [0.5, 0.6) is 0 Å². The van der Waals surface area contributed by atoms with Crippen molar-refractivity contribution in [1.29, 1.82) is 0 Å². The van der Waals surface area contributed by atoms with E-state index in [-0.39, 0.29) is 17.3 Å². The largest absolute Gasteiger partial charge is 0.383 e. The first-order valence-corrected chi connectivity index (χ1v) is 9.87. The summed E-state index contributed by atoms with van der Waals surface area (Å²) in [5.74, 6) is -1.33. The van der Waals surface area contributed by atoms with E-state index in [0.29, 0.717) is 22.7 Å². The van der Waals surface area contributed by atoms with Crippen molar-refractivity contribution in [3.05, 3.63) is 53.9 Å². The Morgan fingerprint density at radius 1 is 1.13 bits per heavy atom. The zero-order chi connectivity index (χ0) is 21.4. The van der Waals surface area contributed by atoms with Gasteiger partial charge in [0.05, 0.1) is 11.3 Å². The second-order valence-electron chi connectivity index (χ2n) is 7.38. The van der Waals surface area contributed by atoms with Gasteiger partial charge in [-0.3, -0.25) is 5.10 Å². The number of benzene rings is 1. The number of aromatic amines is 1. The van der Waals surface area contributed by atoms with Gasteiger partial charge in [0.1, 0.15) is 11.5 Å². The summed E-state index contributed by atoms with van der Waals surface area (Å²) in [7, 11) is 0. The molecule has 1 aliphatic rings. The highest BCUT2D eigenvalue weighted by Crippen LogP contribution is 2.31. The molecule has 0 atom stereocenters. The maximum atomic E-state index is 14.3. The second kappa shape index (κ2) is 7.84. The fourth-order valence-electron chi connectivity index (χ4n) is 3.79. The summed E-state index contributed by atoms with van der Waals surface area (Å²) in [4.78, 5) is 4.25. The normalized spacial score (nSPS) is 14.8. The molecule has 1 aromatic carbocycles. The van der Waals surface area contributed by atoms with Gasteiger partial charge >= 0.3 is 0 Å². The lowest BCUT2D eigenvalue weighted by Crippen LogP contribution is -2.26. The maximum absolute atomic E-state index is 14.3. The predicted molar refractivity (Wildman–Crippen MR) is 109 cm³/mol. The first kappa shape index (κ1) is 19.2. The molecule has 0 aliphatic carbocycles. The van der Waals surface area contributed by atoms with Crippen LogP contribution in [0.25, 0.3) is 28.3 Å². The Kier molecular flexibility index (Phi) is 4.86. The quantitative estimate of drug-likeness (QED) is 0.461. The highest BCUT2D eigenvalue weighted by molar-refractivity contribution is 5.75. The van der Waals surface area contributed by atoms with E-state index in [0.717, 1.165) is 42.4 Å². The third-order valence-corrected chi connectivity index (χ3v) is 5.46. The molecular formula is C20H19F2N9. The van der Waals surface area contributed by atoms with Crippen LogP contribution in [0.1, 0.15) is 24.5 Å². The van der Waals surface area contributed by atoms with Crippen molar-refractivity contribution >= 4 is 5.82 Å². The summed E-state index contributed by atoms with van der Waals surface area (Å²) in [6.45, 7) is 1.96. The molecule has 0 unspecified atom stereocenters. The number of rotatable bonds is 4. The third-order valence-electron chi connectivity index (χ3n) is 5.46. The first-order chi connectivity index (χ1) is 15.1. The molecule has 5 rings (SSSR count). The summed E-state index contributed by atoms with van der Waals surface area (Å²) in [5.41, 5.74) is 8.81. The molecule has 0 bridgehead atoms. The molecule has 4 N–H and O–H groups in total. The SMILES string of the molecule is Nc1ncc(-c2cc(C3CCNCC3)[nH]n2)cc1-c1nnnn1-c1cccc(F)c1F. The van der Waals surface area contributed by atoms with Crippen LogP contribution in [-0.4, -0.2) is 48.5 Å². The molecule has 11 heteroatoms. The molecule has 0 amide bonds. The van der Waals surface area contributed by atoms with Crippen molar-refractivity contribution in [3.63, 3.8) is 0 Å². The average molecular weight is 423 g/mol. The third kappa shape index (κ3) is 3.52. The van der Waals surface area contributed by atoms with Gasteiger partial charge in [-0.1, -0.05) is 6.07 Å². The van der Waals surface area contributed by atoms with Crippen molar-refractivity contribution in [1.82, 2.24) is 40.7 Å².